The highest BCUT2D eigenvalue weighted by Gasteiger charge is 2.34. The molecular weight excluding hydrogens is 592 g/mol. The summed E-state index contributed by atoms with van der Waals surface area (Å²) in [5.41, 5.74) is 5.42. The van der Waals surface area contributed by atoms with E-state index in [1.807, 2.05) is 30.3 Å². The molecule has 2 aliphatic heterocycles. The van der Waals surface area contributed by atoms with Crippen LogP contribution in [0.15, 0.2) is 95.9 Å². The fourth-order valence-corrected chi connectivity index (χ4v) is 7.05. The quantitative estimate of drug-likeness (QED) is 0.233. The number of sulfonamides is 1. The minimum Gasteiger partial charge on any atom is -0.493 e. The molecule has 2 N–H and O–H groups in total. The second-order valence-corrected chi connectivity index (χ2v) is 13.0. The van der Waals surface area contributed by atoms with Gasteiger partial charge in [-0.25, -0.2) is 8.42 Å². The lowest BCUT2D eigenvalue weighted by Crippen LogP contribution is -2.41. The van der Waals surface area contributed by atoms with E-state index in [1.165, 1.54) is 11.1 Å². The fraction of sp³-hybridized carbons (Fsp3) is 0.314. The summed E-state index contributed by atoms with van der Waals surface area (Å²) in [6, 6.07) is 27.3. The van der Waals surface area contributed by atoms with E-state index in [-0.39, 0.29) is 23.7 Å². The zero-order valence-corrected chi connectivity index (χ0v) is 26.2. The molecule has 0 bridgehead atoms. The lowest BCUT2D eigenvalue weighted by Gasteiger charge is -2.39. The Hall–Kier alpha value is -3.93. The van der Waals surface area contributed by atoms with Gasteiger partial charge in [-0.3, -0.25) is 9.62 Å². The molecule has 45 heavy (non-hydrogen) atoms. The largest absolute Gasteiger partial charge is 0.493 e. The van der Waals surface area contributed by atoms with Gasteiger partial charge in [0.1, 0.15) is 0 Å². The standard InChI is InChI=1S/C35H38N2O7S/c1-41-33-18-26-15-16-37(21-28(26)19-34(33)42-2)22-30-20-32(25-13-11-24(23-38)12-14-25)44-35(43-30)27-7-6-8-29(17-27)36-45(39,40)31-9-4-3-5-10-31/h3-14,17-19,30,32,35-36,38H,15-16,20-23H2,1-2H3/t30-,32+,35?/m0/s1. The summed E-state index contributed by atoms with van der Waals surface area (Å²) >= 11 is 0. The molecule has 2 aliphatic rings. The van der Waals surface area contributed by atoms with Crippen LogP contribution in [0.25, 0.3) is 0 Å². The highest BCUT2D eigenvalue weighted by Crippen LogP contribution is 2.40. The Morgan fingerprint density at radius 3 is 2.31 bits per heavy atom. The number of rotatable bonds is 10. The second kappa shape index (κ2) is 13.6. The molecule has 0 spiro atoms. The van der Waals surface area contributed by atoms with E-state index in [4.69, 9.17) is 18.9 Å². The molecule has 4 aromatic carbocycles. The Labute approximate surface area is 264 Å². The maximum Gasteiger partial charge on any atom is 0.261 e. The van der Waals surface area contributed by atoms with Crippen LogP contribution >= 0.6 is 0 Å². The van der Waals surface area contributed by atoms with E-state index in [1.54, 1.807) is 62.8 Å². The van der Waals surface area contributed by atoms with Crippen molar-refractivity contribution in [2.24, 2.45) is 0 Å². The zero-order valence-electron chi connectivity index (χ0n) is 25.4. The Balaban J connectivity index is 1.23. The van der Waals surface area contributed by atoms with Crippen LogP contribution in [0.4, 0.5) is 5.69 Å². The van der Waals surface area contributed by atoms with E-state index >= 15 is 0 Å². The van der Waals surface area contributed by atoms with Gasteiger partial charge in [-0.2, -0.15) is 0 Å². The second-order valence-electron chi connectivity index (χ2n) is 11.4. The lowest BCUT2D eigenvalue weighted by molar-refractivity contribution is -0.253. The smallest absolute Gasteiger partial charge is 0.261 e. The van der Waals surface area contributed by atoms with Gasteiger partial charge in [0, 0.05) is 37.3 Å². The Bertz CT molecular complexity index is 1710. The number of ether oxygens (including phenoxy) is 4. The van der Waals surface area contributed by atoms with E-state index in [0.29, 0.717) is 24.2 Å². The van der Waals surface area contributed by atoms with E-state index in [0.717, 1.165) is 42.1 Å². The van der Waals surface area contributed by atoms with Gasteiger partial charge in [0.05, 0.1) is 37.9 Å². The summed E-state index contributed by atoms with van der Waals surface area (Å²) in [7, 11) is -0.459. The third-order valence-electron chi connectivity index (χ3n) is 8.34. The van der Waals surface area contributed by atoms with Crippen LogP contribution in [0.2, 0.25) is 0 Å². The van der Waals surface area contributed by atoms with Gasteiger partial charge in [0.25, 0.3) is 10.0 Å². The molecule has 1 fully saturated rings. The van der Waals surface area contributed by atoms with Gasteiger partial charge in [-0.1, -0.05) is 54.6 Å². The van der Waals surface area contributed by atoms with Crippen LogP contribution in [0, 0.1) is 0 Å². The summed E-state index contributed by atoms with van der Waals surface area (Å²) in [6.45, 7) is 2.30. The van der Waals surface area contributed by atoms with Crippen LogP contribution < -0.4 is 14.2 Å². The van der Waals surface area contributed by atoms with E-state index < -0.39 is 16.3 Å². The van der Waals surface area contributed by atoms with Crippen LogP contribution in [0.5, 0.6) is 11.5 Å². The number of hydrogen-bond acceptors (Lipinski definition) is 8. The third kappa shape index (κ3) is 7.16. The number of hydrogen-bond donors (Lipinski definition) is 2. The Kier molecular flexibility index (Phi) is 9.39. The zero-order chi connectivity index (χ0) is 31.4. The molecule has 4 aromatic rings. The SMILES string of the molecule is COc1cc2c(cc1OC)CN(C[C@@H]1C[C@H](c3ccc(CO)cc3)OC(c3cccc(NS(=O)(=O)c4ccccc4)c3)O1)CC2. The number of nitrogens with one attached hydrogen (secondary N) is 1. The first-order chi connectivity index (χ1) is 21.8. The molecule has 0 saturated carbocycles. The first-order valence-electron chi connectivity index (χ1n) is 15.0. The van der Waals surface area contributed by atoms with Crippen molar-refractivity contribution in [1.82, 2.24) is 4.90 Å². The highest BCUT2D eigenvalue weighted by molar-refractivity contribution is 7.92. The fourth-order valence-electron chi connectivity index (χ4n) is 5.98. The lowest BCUT2D eigenvalue weighted by atomic mass is 9.97. The Morgan fingerprint density at radius 2 is 1.60 bits per heavy atom. The molecule has 1 saturated heterocycles. The van der Waals surface area contributed by atoms with Crippen molar-refractivity contribution in [3.63, 3.8) is 0 Å². The summed E-state index contributed by atoms with van der Waals surface area (Å²) < 4.78 is 52.9. The topological polar surface area (TPSA) is 107 Å². The number of methoxy groups -OCH3 is 2. The predicted molar refractivity (Wildman–Crippen MR) is 171 cm³/mol. The van der Waals surface area contributed by atoms with Gasteiger partial charge in [0.2, 0.25) is 0 Å². The van der Waals surface area contributed by atoms with Crippen molar-refractivity contribution < 1.29 is 32.5 Å². The van der Waals surface area contributed by atoms with Gasteiger partial charge < -0.3 is 24.1 Å². The van der Waals surface area contributed by atoms with Crippen LogP contribution in [-0.4, -0.2) is 51.8 Å². The maximum absolute atomic E-state index is 13.0. The minimum atomic E-state index is -3.76. The number of aliphatic hydroxyl groups excluding tert-OH is 1. The van der Waals surface area contributed by atoms with E-state index in [2.05, 4.69) is 21.8 Å². The number of fused-ring (bicyclic) bond motifs is 1. The molecule has 0 aliphatic carbocycles. The van der Waals surface area contributed by atoms with Crippen molar-refractivity contribution in [2.75, 3.05) is 32.0 Å². The van der Waals surface area contributed by atoms with Crippen LogP contribution in [0.1, 0.15) is 46.6 Å². The van der Waals surface area contributed by atoms with Crippen molar-refractivity contribution in [3.8, 4) is 11.5 Å². The van der Waals surface area contributed by atoms with Crippen molar-refractivity contribution >= 4 is 15.7 Å². The average Bonchev–Trinajstić information content (AvgIpc) is 3.07. The van der Waals surface area contributed by atoms with Crippen molar-refractivity contribution in [1.29, 1.82) is 0 Å². The maximum atomic E-state index is 13.0. The molecular formula is C35H38N2O7S. The molecule has 236 valence electrons. The molecule has 0 amide bonds. The highest BCUT2D eigenvalue weighted by atomic mass is 32.2. The molecule has 3 atom stereocenters. The molecule has 10 heteroatoms. The molecule has 9 nitrogen and oxygen atoms in total. The molecule has 0 radical (unpaired) electrons. The van der Waals surface area contributed by atoms with Crippen molar-refractivity contribution in [3.05, 3.63) is 119 Å². The molecule has 0 aromatic heterocycles. The number of anilines is 1. The molecule has 6 rings (SSSR count). The summed E-state index contributed by atoms with van der Waals surface area (Å²) in [4.78, 5) is 2.57. The summed E-state index contributed by atoms with van der Waals surface area (Å²) in [5.74, 6) is 1.46. The Morgan fingerprint density at radius 1 is 0.867 bits per heavy atom. The van der Waals surface area contributed by atoms with Crippen LogP contribution in [-0.2, 0) is 39.1 Å². The van der Waals surface area contributed by atoms with Gasteiger partial charge in [-0.15, -0.1) is 0 Å². The van der Waals surface area contributed by atoms with E-state index in [9.17, 15) is 13.5 Å². The molecule has 1 unspecified atom stereocenters. The van der Waals surface area contributed by atoms with Gasteiger partial charge in [-0.05, 0) is 65.1 Å². The van der Waals surface area contributed by atoms with Gasteiger partial charge in [0.15, 0.2) is 17.8 Å². The van der Waals surface area contributed by atoms with Crippen LogP contribution in [0.3, 0.4) is 0 Å². The molecule has 2 heterocycles. The summed E-state index contributed by atoms with van der Waals surface area (Å²) in [5, 5.41) is 9.54. The first kappa shape index (κ1) is 31.1. The minimum absolute atomic E-state index is 0.0288. The first-order valence-corrected chi connectivity index (χ1v) is 16.5. The number of benzene rings is 4. The number of nitrogens with zero attached hydrogens (tertiary/aromatic N) is 1. The summed E-state index contributed by atoms with van der Waals surface area (Å²) in [6.07, 6.45) is 0.405. The monoisotopic (exact) mass is 630 g/mol. The van der Waals surface area contributed by atoms with Crippen molar-refractivity contribution in [2.45, 2.75) is 49.4 Å². The average molecular weight is 631 g/mol. The third-order valence-corrected chi connectivity index (χ3v) is 9.74. The normalized spacial score (nSPS) is 20.3. The predicted octanol–water partition coefficient (Wildman–Crippen LogP) is 5.60. The number of aliphatic hydroxyl groups is 1. The van der Waals surface area contributed by atoms with Gasteiger partial charge >= 0.3 is 0 Å².